The van der Waals surface area contributed by atoms with Gasteiger partial charge in [0.05, 0.1) is 18.6 Å². The van der Waals surface area contributed by atoms with E-state index in [1.54, 1.807) is 41.3 Å². The highest BCUT2D eigenvalue weighted by molar-refractivity contribution is 6.15. The number of carbonyl (C=O) groups is 3. The number of ether oxygens (including phenoxy) is 1. The standard InChI is InChI=1S/C22H23NO4/c1-15-7-9-16(10-8-15)20(24)18-5-3-4-6-19(18)21(25)23-13-11-17(12-14-23)22(26)27-2/h3-10,17H,11-14H2,1-2H3. The van der Waals surface area contributed by atoms with Gasteiger partial charge >= 0.3 is 5.97 Å². The molecule has 2 aromatic carbocycles. The Bertz CT molecular complexity index is 849. The fourth-order valence-electron chi connectivity index (χ4n) is 3.38. The molecule has 0 bridgehead atoms. The van der Waals surface area contributed by atoms with Gasteiger partial charge in [-0.05, 0) is 25.8 Å². The number of carbonyl (C=O) groups excluding carboxylic acids is 3. The largest absolute Gasteiger partial charge is 0.469 e. The molecular weight excluding hydrogens is 342 g/mol. The Hall–Kier alpha value is -2.95. The predicted molar refractivity (Wildman–Crippen MR) is 102 cm³/mol. The lowest BCUT2D eigenvalue weighted by molar-refractivity contribution is -0.146. The summed E-state index contributed by atoms with van der Waals surface area (Å²) < 4.78 is 4.79. The van der Waals surface area contributed by atoms with Crippen molar-refractivity contribution >= 4 is 17.7 Å². The molecule has 1 aliphatic rings. The maximum absolute atomic E-state index is 13.0. The van der Waals surface area contributed by atoms with Gasteiger partial charge in [0.15, 0.2) is 5.78 Å². The van der Waals surface area contributed by atoms with E-state index in [1.165, 1.54) is 7.11 Å². The van der Waals surface area contributed by atoms with Gasteiger partial charge in [-0.25, -0.2) is 0 Å². The number of hydrogen-bond donors (Lipinski definition) is 0. The van der Waals surface area contributed by atoms with Crippen molar-refractivity contribution in [3.05, 3.63) is 70.8 Å². The summed E-state index contributed by atoms with van der Waals surface area (Å²) >= 11 is 0. The maximum Gasteiger partial charge on any atom is 0.308 e. The van der Waals surface area contributed by atoms with E-state index in [4.69, 9.17) is 4.74 Å². The zero-order chi connectivity index (χ0) is 19.4. The molecule has 1 fully saturated rings. The smallest absolute Gasteiger partial charge is 0.308 e. The van der Waals surface area contributed by atoms with Crippen LogP contribution in [-0.4, -0.2) is 42.8 Å². The number of rotatable bonds is 4. The number of piperidine rings is 1. The van der Waals surface area contributed by atoms with Gasteiger partial charge in [-0.3, -0.25) is 14.4 Å². The number of methoxy groups -OCH3 is 1. The number of ketones is 1. The van der Waals surface area contributed by atoms with Gasteiger partial charge < -0.3 is 9.64 Å². The van der Waals surface area contributed by atoms with Crippen molar-refractivity contribution in [3.63, 3.8) is 0 Å². The molecule has 0 spiro atoms. The highest BCUT2D eigenvalue weighted by Gasteiger charge is 2.29. The summed E-state index contributed by atoms with van der Waals surface area (Å²) in [5.41, 5.74) is 2.44. The molecule has 5 heteroatoms. The molecule has 1 heterocycles. The minimum Gasteiger partial charge on any atom is -0.469 e. The first-order chi connectivity index (χ1) is 13.0. The molecule has 3 rings (SSSR count). The van der Waals surface area contributed by atoms with Crippen LogP contribution in [0.3, 0.4) is 0 Å². The maximum atomic E-state index is 13.0. The van der Waals surface area contributed by atoms with Crippen molar-refractivity contribution in [2.75, 3.05) is 20.2 Å². The molecule has 0 unspecified atom stereocenters. The van der Waals surface area contributed by atoms with Gasteiger partial charge in [-0.1, -0.05) is 48.0 Å². The fourth-order valence-corrected chi connectivity index (χ4v) is 3.38. The summed E-state index contributed by atoms with van der Waals surface area (Å²) in [6.07, 6.45) is 1.15. The van der Waals surface area contributed by atoms with E-state index in [0.29, 0.717) is 42.6 Å². The number of hydrogen-bond acceptors (Lipinski definition) is 4. The molecule has 140 valence electrons. The number of nitrogens with zero attached hydrogens (tertiary/aromatic N) is 1. The zero-order valence-corrected chi connectivity index (χ0v) is 15.6. The lowest BCUT2D eigenvalue weighted by Crippen LogP contribution is -2.41. The number of aryl methyl sites for hydroxylation is 1. The van der Waals surface area contributed by atoms with E-state index in [-0.39, 0.29) is 23.6 Å². The second-order valence-electron chi connectivity index (χ2n) is 6.83. The van der Waals surface area contributed by atoms with Crippen LogP contribution in [0.2, 0.25) is 0 Å². The van der Waals surface area contributed by atoms with Crippen LogP contribution in [0.1, 0.15) is 44.7 Å². The van der Waals surface area contributed by atoms with E-state index in [2.05, 4.69) is 0 Å². The molecule has 5 nitrogen and oxygen atoms in total. The van der Waals surface area contributed by atoms with Crippen molar-refractivity contribution in [1.29, 1.82) is 0 Å². The predicted octanol–water partition coefficient (Wildman–Crippen LogP) is 3.25. The van der Waals surface area contributed by atoms with Gasteiger partial charge in [0.1, 0.15) is 0 Å². The molecule has 0 saturated carbocycles. The van der Waals surface area contributed by atoms with Crippen LogP contribution in [0, 0.1) is 12.8 Å². The van der Waals surface area contributed by atoms with E-state index < -0.39 is 0 Å². The Morgan fingerprint density at radius 2 is 1.52 bits per heavy atom. The first-order valence-electron chi connectivity index (χ1n) is 9.08. The molecular formula is C22H23NO4. The fraction of sp³-hybridized carbons (Fsp3) is 0.318. The van der Waals surface area contributed by atoms with E-state index in [1.807, 2.05) is 19.1 Å². The SMILES string of the molecule is COC(=O)C1CCN(C(=O)c2ccccc2C(=O)c2ccc(C)cc2)CC1. The topological polar surface area (TPSA) is 63.7 Å². The average molecular weight is 365 g/mol. The molecule has 1 amide bonds. The summed E-state index contributed by atoms with van der Waals surface area (Å²) in [7, 11) is 1.38. The van der Waals surface area contributed by atoms with E-state index >= 15 is 0 Å². The third kappa shape index (κ3) is 4.08. The first kappa shape index (κ1) is 18.8. The summed E-state index contributed by atoms with van der Waals surface area (Å²) in [4.78, 5) is 39.3. The average Bonchev–Trinajstić information content (AvgIpc) is 2.73. The van der Waals surface area contributed by atoms with Gasteiger partial charge in [-0.15, -0.1) is 0 Å². The van der Waals surface area contributed by atoms with Crippen molar-refractivity contribution in [3.8, 4) is 0 Å². The van der Waals surface area contributed by atoms with Gasteiger partial charge in [0.25, 0.3) is 5.91 Å². The summed E-state index contributed by atoms with van der Waals surface area (Å²) in [6.45, 7) is 2.92. The molecule has 27 heavy (non-hydrogen) atoms. The summed E-state index contributed by atoms with van der Waals surface area (Å²) in [5, 5.41) is 0. The third-order valence-electron chi connectivity index (χ3n) is 5.03. The summed E-state index contributed by atoms with van der Waals surface area (Å²) in [6, 6.07) is 14.2. The van der Waals surface area contributed by atoms with E-state index in [9.17, 15) is 14.4 Å². The molecule has 0 radical (unpaired) electrons. The molecule has 0 N–H and O–H groups in total. The lowest BCUT2D eigenvalue weighted by atomic mass is 9.94. The second kappa shape index (κ2) is 8.16. The number of likely N-dealkylation sites (tertiary alicyclic amines) is 1. The number of benzene rings is 2. The van der Waals surface area contributed by atoms with Gasteiger partial charge in [0, 0.05) is 24.2 Å². The molecule has 0 aromatic heterocycles. The minimum absolute atomic E-state index is 0.163. The normalized spacial score (nSPS) is 14.7. The minimum atomic E-state index is -0.225. The van der Waals surface area contributed by atoms with E-state index in [0.717, 1.165) is 5.56 Å². The Kier molecular flexibility index (Phi) is 5.69. The van der Waals surface area contributed by atoms with Crippen LogP contribution in [-0.2, 0) is 9.53 Å². The van der Waals surface area contributed by atoms with Crippen LogP contribution in [0.15, 0.2) is 48.5 Å². The molecule has 0 aliphatic carbocycles. The van der Waals surface area contributed by atoms with Crippen molar-refractivity contribution in [1.82, 2.24) is 4.90 Å². The van der Waals surface area contributed by atoms with Crippen LogP contribution < -0.4 is 0 Å². The summed E-state index contributed by atoms with van der Waals surface area (Å²) in [5.74, 6) is -0.724. The molecule has 1 aliphatic heterocycles. The zero-order valence-electron chi connectivity index (χ0n) is 15.6. The monoisotopic (exact) mass is 365 g/mol. The van der Waals surface area contributed by atoms with Crippen LogP contribution in [0.25, 0.3) is 0 Å². The van der Waals surface area contributed by atoms with Crippen molar-refractivity contribution < 1.29 is 19.1 Å². The Morgan fingerprint density at radius 3 is 2.11 bits per heavy atom. The van der Waals surface area contributed by atoms with Crippen LogP contribution in [0.5, 0.6) is 0 Å². The second-order valence-corrected chi connectivity index (χ2v) is 6.83. The van der Waals surface area contributed by atoms with Crippen LogP contribution >= 0.6 is 0 Å². The highest BCUT2D eigenvalue weighted by Crippen LogP contribution is 2.22. The third-order valence-corrected chi connectivity index (χ3v) is 5.03. The van der Waals surface area contributed by atoms with Crippen LogP contribution in [0.4, 0.5) is 0 Å². The first-order valence-corrected chi connectivity index (χ1v) is 9.08. The van der Waals surface area contributed by atoms with Gasteiger partial charge in [-0.2, -0.15) is 0 Å². The molecule has 1 saturated heterocycles. The number of amides is 1. The Balaban J connectivity index is 1.79. The molecule has 0 atom stereocenters. The number of esters is 1. The molecule has 2 aromatic rings. The Morgan fingerprint density at radius 1 is 0.926 bits per heavy atom. The lowest BCUT2D eigenvalue weighted by Gasteiger charge is -2.31. The van der Waals surface area contributed by atoms with Gasteiger partial charge in [0.2, 0.25) is 0 Å². The van der Waals surface area contributed by atoms with Crippen molar-refractivity contribution in [2.24, 2.45) is 5.92 Å². The highest BCUT2D eigenvalue weighted by atomic mass is 16.5. The van der Waals surface area contributed by atoms with Crippen molar-refractivity contribution in [2.45, 2.75) is 19.8 Å². The Labute approximate surface area is 158 Å². The quantitative estimate of drug-likeness (QED) is 0.616.